The molecule has 21 heteroatoms. The average molecular weight is 811 g/mol. The summed E-state index contributed by atoms with van der Waals surface area (Å²) in [7, 11) is 43.7. The van der Waals surface area contributed by atoms with Gasteiger partial charge in [-0.05, 0) is 61.5 Å². The fourth-order valence-electron chi connectivity index (χ4n) is 11.3. The van der Waals surface area contributed by atoms with Crippen LogP contribution in [0.5, 0.6) is 0 Å². The summed E-state index contributed by atoms with van der Waals surface area (Å²) in [5.74, 6) is 4.32. The summed E-state index contributed by atoms with van der Waals surface area (Å²) >= 11 is 0. The molecule has 0 saturated carbocycles. The van der Waals surface area contributed by atoms with Crippen LogP contribution in [-0.2, 0) is 0 Å². The van der Waals surface area contributed by atoms with Crippen LogP contribution in [-0.4, -0.2) is 159 Å². The molecule has 0 bridgehead atoms. The van der Waals surface area contributed by atoms with Crippen molar-refractivity contribution in [2.45, 2.75) is 6.32 Å². The molecule has 0 aliphatic heterocycles. The van der Waals surface area contributed by atoms with Crippen LogP contribution in [0.3, 0.4) is 0 Å². The Labute approximate surface area is 404 Å². The number of nitrogens with zero attached hydrogens (tertiary/aromatic N) is 2. The molecule has 0 amide bonds. The molecule has 1 aromatic heterocycles. The molecule has 292 valence electrons. The van der Waals surface area contributed by atoms with Crippen molar-refractivity contribution in [2.24, 2.45) is 0 Å². The van der Waals surface area contributed by atoms with Crippen LogP contribution in [0, 0.1) is 12.3 Å². The van der Waals surface area contributed by atoms with Crippen molar-refractivity contribution < 1.29 is 0 Å². The maximum Gasteiger partial charge on any atom is 0.146 e. The van der Waals surface area contributed by atoms with E-state index in [-0.39, 0.29) is 0 Å². The minimum absolute atomic E-state index is 0.954. The topological polar surface area (TPSA) is 17.8 Å². The van der Waals surface area contributed by atoms with Crippen LogP contribution >= 0.6 is 0 Å². The Bertz CT molecular complexity index is 3420. The maximum atomic E-state index is 6.85. The van der Waals surface area contributed by atoms with E-state index in [4.69, 9.17) is 11.4 Å². The first-order chi connectivity index (χ1) is 30.7. The molecule has 1 heterocycles. The second-order valence-electron chi connectivity index (χ2n) is 19.4. The van der Waals surface area contributed by atoms with E-state index >= 15 is 0 Å². The predicted molar refractivity (Wildman–Crippen MR) is 349 cm³/mol. The predicted octanol–water partition coefficient (Wildman–Crippen LogP) is -19.6. The highest BCUT2D eigenvalue weighted by Crippen LogP contribution is 2.44. The first kappa shape index (κ1) is 46.6. The molecule has 0 aliphatic rings. The van der Waals surface area contributed by atoms with Crippen molar-refractivity contribution in [3.05, 3.63) is 65.1 Å². The van der Waals surface area contributed by atoms with Gasteiger partial charge in [-0.3, -0.25) is 4.57 Å². The molecule has 2 nitrogen and oxygen atoms in total. The molecule has 8 rings (SSSR count). The lowest BCUT2D eigenvalue weighted by molar-refractivity contribution is 1.12. The number of terminal acetylenes is 1. The first-order valence-corrected chi connectivity index (χ1v) is 23.6. The number of allylic oxidation sites excluding steroid dienone is 1. The fraction of sp³-hybridized carbons (Fsp3) is 0.0227. The van der Waals surface area contributed by atoms with E-state index in [0.717, 1.165) is 34.3 Å². The van der Waals surface area contributed by atoms with E-state index in [1.807, 2.05) is 0 Å². The Morgan fingerprint density at radius 3 is 1.38 bits per heavy atom. The second-order valence-corrected chi connectivity index (χ2v) is 19.4. The van der Waals surface area contributed by atoms with E-state index in [1.165, 1.54) is 153 Å². The molecule has 0 unspecified atom stereocenters. The third-order valence-electron chi connectivity index (χ3n) is 16.9. The number of rotatable bonds is 6. The molecule has 0 spiro atoms. The summed E-state index contributed by atoms with van der Waals surface area (Å²) < 4.78 is 2.46. The summed E-state index contributed by atoms with van der Waals surface area (Å²) in [6, 6.07) is 17.7. The molecule has 7 aromatic carbocycles. The smallest absolute Gasteiger partial charge is 0.146 e. The Kier molecular flexibility index (Phi) is 12.2. The fourth-order valence-corrected chi connectivity index (χ4v) is 11.3. The van der Waals surface area contributed by atoms with Gasteiger partial charge >= 0.3 is 0 Å². The van der Waals surface area contributed by atoms with Gasteiger partial charge in [-0.15, -0.1) is 44.7 Å². The zero-order valence-electron chi connectivity index (χ0n) is 42.8. The highest BCUT2D eigenvalue weighted by molar-refractivity contribution is 6.73. The van der Waals surface area contributed by atoms with Crippen molar-refractivity contribution in [3.8, 4) is 51.7 Å². The highest BCUT2D eigenvalue weighted by atomic mass is 15.1. The van der Waals surface area contributed by atoms with Gasteiger partial charge in [0.2, 0.25) is 0 Å². The summed E-state index contributed by atoms with van der Waals surface area (Å²) in [6.45, 7) is 0. The molecule has 0 atom stereocenters. The van der Waals surface area contributed by atoms with Crippen LogP contribution in [0.4, 0.5) is 0 Å². The van der Waals surface area contributed by atoms with Gasteiger partial charge in [0.15, 0.2) is 0 Å². The summed E-state index contributed by atoms with van der Waals surface area (Å²) in [5, 5.41) is 5.17. The molecule has 0 aliphatic carbocycles. The van der Waals surface area contributed by atoms with Crippen molar-refractivity contribution in [1.82, 2.24) is 9.55 Å². The monoisotopic (exact) mass is 815 g/mol. The zero-order chi connectivity index (χ0) is 47.4. The molecule has 0 saturated heterocycles. The van der Waals surface area contributed by atoms with Gasteiger partial charge in [0.1, 0.15) is 155 Å². The van der Waals surface area contributed by atoms with E-state index < -0.39 is 0 Å². The van der Waals surface area contributed by atoms with Gasteiger partial charge in [-0.1, -0.05) is 109 Å². The zero-order valence-corrected chi connectivity index (χ0v) is 42.8. The molecular weight excluding hydrogens is 762 g/mol. The minimum Gasteiger partial charge on any atom is -0.294 e. The second kappa shape index (κ2) is 17.1. The highest BCUT2D eigenvalue weighted by Gasteiger charge is 2.30. The van der Waals surface area contributed by atoms with Crippen molar-refractivity contribution in [2.75, 3.05) is 0 Å². The van der Waals surface area contributed by atoms with Crippen molar-refractivity contribution in [3.63, 3.8) is 0 Å². The van der Waals surface area contributed by atoms with Crippen LogP contribution in [0.1, 0.15) is 11.1 Å². The summed E-state index contributed by atoms with van der Waals surface area (Å²) in [4.78, 5) is 5.61. The SMILES string of the molecule is BC/C(B)=C(/B)c1c(B)c(B)c(B)c(-c2c3c(B)c(B)c(B)c(B)c3c(-c3ccccc3-c3nc4ccccc4n3-c3c(B)c(B)c(B)c(B)c3B)c3c(B)c(B)c(B)c(B)c23)c1C#C. The number of fused-ring (bicyclic) bond motifs is 3. The van der Waals surface area contributed by atoms with Crippen LogP contribution in [0.15, 0.2) is 54.0 Å². The third-order valence-corrected chi connectivity index (χ3v) is 16.9. The molecular formula is C44H49B19N2. The lowest BCUT2D eigenvalue weighted by atomic mass is 9.57. The number of hydrogen-bond donors (Lipinski definition) is 0. The molecule has 0 fully saturated rings. The van der Waals surface area contributed by atoms with Crippen LogP contribution in [0.25, 0.3) is 77.4 Å². The standard InChI is InChI=1S/C44H49B19N2/c1-2-12-19(27(48)33(54)28(49)20(12)26(47)15(46)11-45)21-24-22(29(50)34(55)36(57)31(24)52)18(23-25(21)32(53)37(58)35(56)30(23)51)13-7-3-4-8-14(13)44-64-16-9-5-6-10-17(16)65(44)43-41(62)39(60)38(59)40(61)42(43)63/h1,3-10H,11,45-63H2/b26-15-. The van der Waals surface area contributed by atoms with E-state index in [9.17, 15) is 0 Å². The summed E-state index contributed by atoms with van der Waals surface area (Å²) in [6.07, 6.45) is 7.83. The minimum atomic E-state index is 0.954. The number of para-hydroxylation sites is 2. The lowest BCUT2D eigenvalue weighted by Gasteiger charge is -2.31. The van der Waals surface area contributed by atoms with Crippen molar-refractivity contribution >= 4 is 275 Å². The first-order valence-electron chi connectivity index (χ1n) is 23.6. The van der Waals surface area contributed by atoms with Crippen LogP contribution < -0.4 is 87.4 Å². The number of benzene rings is 7. The Morgan fingerprint density at radius 2 is 0.892 bits per heavy atom. The molecule has 65 heavy (non-hydrogen) atoms. The number of hydrogen-bond acceptors (Lipinski definition) is 1. The van der Waals surface area contributed by atoms with Gasteiger partial charge in [-0.2, -0.15) is 0 Å². The van der Waals surface area contributed by atoms with Crippen LogP contribution in [0.2, 0.25) is 6.32 Å². The van der Waals surface area contributed by atoms with Gasteiger partial charge in [-0.25, -0.2) is 4.98 Å². The van der Waals surface area contributed by atoms with E-state index in [0.29, 0.717) is 0 Å². The Balaban J connectivity index is 1.69. The van der Waals surface area contributed by atoms with Crippen molar-refractivity contribution in [1.29, 1.82) is 0 Å². The number of imidazole rings is 1. The van der Waals surface area contributed by atoms with E-state index in [1.54, 1.807) is 0 Å². The molecule has 0 radical (unpaired) electrons. The summed E-state index contributed by atoms with van der Waals surface area (Å²) in [5.41, 5.74) is 35.1. The Hall–Kier alpha value is -4.94. The van der Waals surface area contributed by atoms with Gasteiger partial charge in [0, 0.05) is 16.8 Å². The normalized spacial score (nSPS) is 11.9. The molecule has 8 aromatic rings. The molecule has 0 N–H and O–H groups in total. The third kappa shape index (κ3) is 6.73. The van der Waals surface area contributed by atoms with E-state index in [2.05, 4.69) is 208 Å². The van der Waals surface area contributed by atoms with Gasteiger partial charge in [0.25, 0.3) is 0 Å². The maximum absolute atomic E-state index is 6.85. The van der Waals surface area contributed by atoms with Gasteiger partial charge in [0.05, 0.1) is 11.0 Å². The number of aromatic nitrogens is 2. The van der Waals surface area contributed by atoms with Gasteiger partial charge < -0.3 is 0 Å². The average Bonchev–Trinajstić information content (AvgIpc) is 3.69. The largest absolute Gasteiger partial charge is 0.294 e. The lowest BCUT2D eigenvalue weighted by Crippen LogP contribution is -2.56. The Morgan fingerprint density at radius 1 is 0.477 bits per heavy atom. The quantitative estimate of drug-likeness (QED) is 0.0929.